The van der Waals surface area contributed by atoms with E-state index in [-0.39, 0.29) is 11.4 Å². The molecule has 0 radical (unpaired) electrons. The van der Waals surface area contributed by atoms with Gasteiger partial charge >= 0.3 is 12.3 Å². The van der Waals surface area contributed by atoms with Crippen molar-refractivity contribution in [1.29, 1.82) is 0 Å². The molecule has 8 heteroatoms. The van der Waals surface area contributed by atoms with Gasteiger partial charge < -0.3 is 9.47 Å². The number of carbonyl (C=O) groups excluding carboxylic acids is 1. The van der Waals surface area contributed by atoms with Crippen LogP contribution in [0.15, 0.2) is 18.2 Å². The van der Waals surface area contributed by atoms with Crippen molar-refractivity contribution in [3.63, 3.8) is 0 Å². The van der Waals surface area contributed by atoms with Gasteiger partial charge in [0.15, 0.2) is 6.61 Å². The fourth-order valence-electron chi connectivity index (χ4n) is 1.04. The number of ether oxygens (including phenoxy) is 2. The first kappa shape index (κ1) is 14.4. The molecule has 100 valence electrons. The standard InChI is InChI=1S/C10H9ClF3NO3/c1-17-8-4-6(2-3-7(8)11)15-9(16)18-5-10(12,13)14/h2-4H,5H2,1H3,(H,15,16). The molecule has 0 aliphatic heterocycles. The zero-order chi connectivity index (χ0) is 13.8. The average molecular weight is 284 g/mol. The minimum atomic E-state index is -4.56. The number of amides is 1. The van der Waals surface area contributed by atoms with Gasteiger partial charge in [0.05, 0.1) is 12.1 Å². The second-order valence-electron chi connectivity index (χ2n) is 3.17. The number of alkyl halides is 3. The Balaban J connectivity index is 2.59. The topological polar surface area (TPSA) is 47.6 Å². The van der Waals surface area contributed by atoms with Crippen LogP contribution < -0.4 is 10.1 Å². The molecule has 0 aliphatic carbocycles. The maximum absolute atomic E-state index is 11.8. The third-order valence-electron chi connectivity index (χ3n) is 1.76. The third kappa shape index (κ3) is 4.70. The fraction of sp³-hybridized carbons (Fsp3) is 0.300. The summed E-state index contributed by atoms with van der Waals surface area (Å²) >= 11 is 5.74. The first-order valence-corrected chi connectivity index (χ1v) is 5.03. The van der Waals surface area contributed by atoms with E-state index in [0.29, 0.717) is 5.02 Å². The van der Waals surface area contributed by atoms with Crippen LogP contribution in [0.3, 0.4) is 0 Å². The summed E-state index contributed by atoms with van der Waals surface area (Å²) in [4.78, 5) is 11.0. The molecule has 0 atom stereocenters. The van der Waals surface area contributed by atoms with Crippen molar-refractivity contribution in [1.82, 2.24) is 0 Å². The van der Waals surface area contributed by atoms with E-state index in [1.807, 2.05) is 0 Å². The molecular formula is C10H9ClF3NO3. The Bertz CT molecular complexity index is 437. The summed E-state index contributed by atoms with van der Waals surface area (Å²) < 4.78 is 44.2. The molecule has 1 N–H and O–H groups in total. The van der Waals surface area contributed by atoms with Gasteiger partial charge in [-0.25, -0.2) is 4.79 Å². The predicted octanol–water partition coefficient (Wildman–Crippen LogP) is 3.46. The van der Waals surface area contributed by atoms with E-state index < -0.39 is 18.9 Å². The van der Waals surface area contributed by atoms with Crippen molar-refractivity contribution < 1.29 is 27.4 Å². The number of benzene rings is 1. The van der Waals surface area contributed by atoms with Gasteiger partial charge in [0.25, 0.3) is 0 Å². The van der Waals surface area contributed by atoms with Crippen molar-refractivity contribution in [3.8, 4) is 5.75 Å². The highest BCUT2D eigenvalue weighted by atomic mass is 35.5. The SMILES string of the molecule is COc1cc(NC(=O)OCC(F)(F)F)ccc1Cl. The molecule has 0 aliphatic rings. The number of carbonyl (C=O) groups is 1. The maximum Gasteiger partial charge on any atom is 0.422 e. The quantitative estimate of drug-likeness (QED) is 0.924. The molecule has 0 saturated heterocycles. The maximum atomic E-state index is 11.8. The molecule has 1 rings (SSSR count). The third-order valence-corrected chi connectivity index (χ3v) is 2.08. The van der Waals surface area contributed by atoms with Crippen LogP contribution in [0.1, 0.15) is 0 Å². The summed E-state index contributed by atoms with van der Waals surface area (Å²) in [5.74, 6) is 0.283. The van der Waals surface area contributed by atoms with E-state index in [0.717, 1.165) is 0 Å². The minimum absolute atomic E-state index is 0.212. The Labute approximate surface area is 106 Å². The van der Waals surface area contributed by atoms with Crippen LogP contribution in [0.2, 0.25) is 5.02 Å². The van der Waals surface area contributed by atoms with Crippen LogP contribution in [-0.2, 0) is 4.74 Å². The minimum Gasteiger partial charge on any atom is -0.495 e. The van der Waals surface area contributed by atoms with Gasteiger partial charge in [-0.1, -0.05) is 11.6 Å². The van der Waals surface area contributed by atoms with Crippen LogP contribution in [0.5, 0.6) is 5.75 Å². The summed E-state index contributed by atoms with van der Waals surface area (Å²) in [7, 11) is 1.37. The lowest BCUT2D eigenvalue weighted by molar-refractivity contribution is -0.159. The zero-order valence-corrected chi connectivity index (χ0v) is 9.93. The van der Waals surface area contributed by atoms with Crippen molar-refractivity contribution in [2.24, 2.45) is 0 Å². The molecule has 0 bridgehead atoms. The fourth-order valence-corrected chi connectivity index (χ4v) is 1.23. The molecule has 4 nitrogen and oxygen atoms in total. The highest BCUT2D eigenvalue weighted by molar-refractivity contribution is 6.32. The molecule has 0 unspecified atom stereocenters. The molecule has 1 amide bonds. The van der Waals surface area contributed by atoms with E-state index in [1.165, 1.54) is 25.3 Å². The Morgan fingerprint density at radius 1 is 1.44 bits per heavy atom. The number of anilines is 1. The number of halogens is 4. The van der Waals surface area contributed by atoms with E-state index >= 15 is 0 Å². The molecule has 0 heterocycles. The molecule has 0 saturated carbocycles. The van der Waals surface area contributed by atoms with Gasteiger partial charge in [-0.2, -0.15) is 13.2 Å². The lowest BCUT2D eigenvalue weighted by atomic mass is 10.3. The van der Waals surface area contributed by atoms with Gasteiger partial charge in [-0.3, -0.25) is 5.32 Å². The van der Waals surface area contributed by atoms with Crippen LogP contribution in [0.25, 0.3) is 0 Å². The second kappa shape index (κ2) is 5.81. The first-order chi connectivity index (χ1) is 8.31. The van der Waals surface area contributed by atoms with Gasteiger partial charge in [-0.05, 0) is 12.1 Å². The number of nitrogens with one attached hydrogen (secondary N) is 1. The van der Waals surface area contributed by atoms with E-state index in [9.17, 15) is 18.0 Å². The van der Waals surface area contributed by atoms with Crippen LogP contribution >= 0.6 is 11.6 Å². The Morgan fingerprint density at radius 2 is 2.11 bits per heavy atom. The molecule has 18 heavy (non-hydrogen) atoms. The Kier molecular flexibility index (Phi) is 4.66. The van der Waals surface area contributed by atoms with Crippen molar-refractivity contribution in [2.75, 3.05) is 19.0 Å². The normalized spacial score (nSPS) is 10.9. The van der Waals surface area contributed by atoms with Gasteiger partial charge in [0.2, 0.25) is 0 Å². The average Bonchev–Trinajstić information content (AvgIpc) is 2.28. The predicted molar refractivity (Wildman–Crippen MR) is 59.0 cm³/mol. The van der Waals surface area contributed by atoms with E-state index in [1.54, 1.807) is 0 Å². The Hall–Kier alpha value is -1.63. The summed E-state index contributed by atoms with van der Waals surface area (Å²) in [5, 5.41) is 2.43. The van der Waals surface area contributed by atoms with E-state index in [4.69, 9.17) is 16.3 Å². The molecular weight excluding hydrogens is 275 g/mol. The summed E-state index contributed by atoms with van der Waals surface area (Å²) in [6.07, 6.45) is -5.77. The lowest BCUT2D eigenvalue weighted by Crippen LogP contribution is -2.23. The zero-order valence-electron chi connectivity index (χ0n) is 9.18. The summed E-state index contributed by atoms with van der Waals surface area (Å²) in [5.41, 5.74) is 0.212. The van der Waals surface area contributed by atoms with Gasteiger partial charge in [0, 0.05) is 11.8 Å². The van der Waals surface area contributed by atoms with Crippen molar-refractivity contribution in [2.45, 2.75) is 6.18 Å². The second-order valence-corrected chi connectivity index (χ2v) is 3.57. The number of methoxy groups -OCH3 is 1. The molecule has 0 aromatic heterocycles. The largest absolute Gasteiger partial charge is 0.495 e. The number of rotatable bonds is 3. The highest BCUT2D eigenvalue weighted by Crippen LogP contribution is 2.27. The van der Waals surface area contributed by atoms with Gasteiger partial charge in [-0.15, -0.1) is 0 Å². The molecule has 0 spiro atoms. The monoisotopic (exact) mass is 283 g/mol. The molecule has 1 aromatic carbocycles. The molecule has 1 aromatic rings. The smallest absolute Gasteiger partial charge is 0.422 e. The van der Waals surface area contributed by atoms with Crippen LogP contribution in [0, 0.1) is 0 Å². The number of hydrogen-bond donors (Lipinski definition) is 1. The lowest BCUT2D eigenvalue weighted by Gasteiger charge is -2.10. The van der Waals surface area contributed by atoms with Crippen molar-refractivity contribution >= 4 is 23.4 Å². The van der Waals surface area contributed by atoms with Gasteiger partial charge in [0.1, 0.15) is 5.75 Å². The van der Waals surface area contributed by atoms with E-state index in [2.05, 4.69) is 10.1 Å². The first-order valence-electron chi connectivity index (χ1n) is 4.66. The highest BCUT2D eigenvalue weighted by Gasteiger charge is 2.29. The summed E-state index contributed by atoms with van der Waals surface area (Å²) in [6, 6.07) is 4.19. The summed E-state index contributed by atoms with van der Waals surface area (Å²) in [6.45, 7) is -1.65. The van der Waals surface area contributed by atoms with Crippen molar-refractivity contribution in [3.05, 3.63) is 23.2 Å². The van der Waals surface area contributed by atoms with Crippen LogP contribution in [-0.4, -0.2) is 26.0 Å². The van der Waals surface area contributed by atoms with Crippen LogP contribution in [0.4, 0.5) is 23.7 Å². The Morgan fingerprint density at radius 3 is 2.67 bits per heavy atom. The number of hydrogen-bond acceptors (Lipinski definition) is 3. The molecule has 0 fully saturated rings.